The zero-order valence-electron chi connectivity index (χ0n) is 6.11. The lowest BCUT2D eigenvalue weighted by molar-refractivity contribution is 0.0785. The van der Waals surface area contributed by atoms with E-state index in [0.717, 1.165) is 32.6 Å². The predicted octanol–water partition coefficient (Wildman–Crippen LogP) is 0.994. The van der Waals surface area contributed by atoms with Crippen LogP contribution in [0, 0.1) is 0 Å². The van der Waals surface area contributed by atoms with Crippen LogP contribution in [0.5, 0.6) is 0 Å². The van der Waals surface area contributed by atoms with Gasteiger partial charge in [-0.05, 0) is 12.8 Å². The molecule has 0 saturated carbocycles. The molecule has 0 unspecified atom stereocenters. The van der Waals surface area contributed by atoms with Crippen molar-refractivity contribution < 1.29 is 4.74 Å². The second-order valence-electron chi connectivity index (χ2n) is 2.53. The fraction of sp³-hybridized carbons (Fsp3) is 1.00. The minimum Gasteiger partial charge on any atom is -0.381 e. The summed E-state index contributed by atoms with van der Waals surface area (Å²) in [6.45, 7) is 2.73. The molecule has 0 aliphatic carbocycles. The molecule has 1 saturated heterocycles. The van der Waals surface area contributed by atoms with Crippen LogP contribution in [0.15, 0.2) is 0 Å². The van der Waals surface area contributed by atoms with Gasteiger partial charge in [0, 0.05) is 31.7 Å². The van der Waals surface area contributed by atoms with Gasteiger partial charge in [0.1, 0.15) is 0 Å². The highest BCUT2D eigenvalue weighted by Gasteiger charge is 2.11. The summed E-state index contributed by atoms with van der Waals surface area (Å²) < 4.78 is 5.21. The van der Waals surface area contributed by atoms with Gasteiger partial charge in [0.15, 0.2) is 0 Å². The average Bonchev–Trinajstić information content (AvgIpc) is 2.03. The molecule has 1 aliphatic heterocycles. The Hall–Kier alpha value is 0.210. The molecule has 0 radical (unpaired) electrons. The largest absolute Gasteiger partial charge is 0.381 e. The molecule has 60 valence electrons. The maximum absolute atomic E-state index is 5.53. The van der Waals surface area contributed by atoms with Gasteiger partial charge in [-0.3, -0.25) is 0 Å². The van der Waals surface area contributed by atoms with E-state index in [4.69, 9.17) is 16.3 Å². The molecule has 0 aromatic rings. The second kappa shape index (κ2) is 4.94. The summed E-state index contributed by atoms with van der Waals surface area (Å²) in [4.78, 5) is 0. The van der Waals surface area contributed by atoms with E-state index < -0.39 is 0 Å². The van der Waals surface area contributed by atoms with Crippen molar-refractivity contribution in [1.29, 1.82) is 0 Å². The number of hydrogen-bond acceptors (Lipinski definition) is 2. The number of ether oxygens (including phenoxy) is 1. The number of alkyl halides is 1. The van der Waals surface area contributed by atoms with Crippen LogP contribution in [-0.2, 0) is 4.74 Å². The summed E-state index contributed by atoms with van der Waals surface area (Å²) in [7, 11) is 0. The topological polar surface area (TPSA) is 21.3 Å². The quantitative estimate of drug-likeness (QED) is 0.627. The van der Waals surface area contributed by atoms with E-state index in [-0.39, 0.29) is 0 Å². The van der Waals surface area contributed by atoms with Crippen LogP contribution in [0.1, 0.15) is 12.8 Å². The average molecular weight is 164 g/mol. The van der Waals surface area contributed by atoms with Crippen LogP contribution < -0.4 is 5.32 Å². The maximum atomic E-state index is 5.53. The Morgan fingerprint density at radius 1 is 1.40 bits per heavy atom. The predicted molar refractivity (Wildman–Crippen MR) is 42.6 cm³/mol. The second-order valence-corrected chi connectivity index (χ2v) is 2.91. The van der Waals surface area contributed by atoms with Gasteiger partial charge >= 0.3 is 0 Å². The summed E-state index contributed by atoms with van der Waals surface area (Å²) in [6.07, 6.45) is 2.27. The molecule has 1 fully saturated rings. The Bertz CT molecular complexity index is 83.7. The summed E-state index contributed by atoms with van der Waals surface area (Å²) in [5.41, 5.74) is 0. The molecule has 1 aliphatic rings. The van der Waals surface area contributed by atoms with E-state index in [0.29, 0.717) is 11.9 Å². The first-order chi connectivity index (χ1) is 4.93. The van der Waals surface area contributed by atoms with Crippen LogP contribution in [0.2, 0.25) is 0 Å². The Balaban J connectivity index is 2.02. The van der Waals surface area contributed by atoms with Gasteiger partial charge in [0.25, 0.3) is 0 Å². The normalized spacial score (nSPS) is 21.3. The Kier molecular flexibility index (Phi) is 4.10. The van der Waals surface area contributed by atoms with Crippen LogP contribution in [0.3, 0.4) is 0 Å². The fourth-order valence-corrected chi connectivity index (χ4v) is 1.27. The molecule has 1 heterocycles. The molecule has 0 aromatic carbocycles. The lowest BCUT2D eigenvalue weighted by atomic mass is 10.1. The Labute approximate surface area is 66.9 Å². The Morgan fingerprint density at radius 3 is 2.70 bits per heavy atom. The molecule has 0 aromatic heterocycles. The van der Waals surface area contributed by atoms with Crippen molar-refractivity contribution in [3.8, 4) is 0 Å². The first kappa shape index (κ1) is 8.31. The van der Waals surface area contributed by atoms with Crippen molar-refractivity contribution in [1.82, 2.24) is 5.32 Å². The number of hydrogen-bond donors (Lipinski definition) is 1. The van der Waals surface area contributed by atoms with E-state index in [1.165, 1.54) is 0 Å². The van der Waals surface area contributed by atoms with Gasteiger partial charge in [-0.2, -0.15) is 0 Å². The van der Waals surface area contributed by atoms with Gasteiger partial charge in [-0.1, -0.05) is 0 Å². The molecular weight excluding hydrogens is 150 g/mol. The van der Waals surface area contributed by atoms with Gasteiger partial charge in [0.05, 0.1) is 0 Å². The molecule has 3 heteroatoms. The highest BCUT2D eigenvalue weighted by Crippen LogP contribution is 2.05. The van der Waals surface area contributed by atoms with Crippen molar-refractivity contribution >= 4 is 11.6 Å². The zero-order chi connectivity index (χ0) is 7.23. The maximum Gasteiger partial charge on any atom is 0.0480 e. The third-order valence-electron chi connectivity index (χ3n) is 1.75. The molecule has 2 nitrogen and oxygen atoms in total. The molecule has 0 atom stereocenters. The van der Waals surface area contributed by atoms with E-state index >= 15 is 0 Å². The van der Waals surface area contributed by atoms with Crippen molar-refractivity contribution in [2.45, 2.75) is 18.9 Å². The zero-order valence-corrected chi connectivity index (χ0v) is 6.86. The van der Waals surface area contributed by atoms with Crippen molar-refractivity contribution in [2.24, 2.45) is 0 Å². The fourth-order valence-electron chi connectivity index (χ4n) is 1.16. The molecule has 10 heavy (non-hydrogen) atoms. The van der Waals surface area contributed by atoms with Crippen LogP contribution >= 0.6 is 11.6 Å². The highest BCUT2D eigenvalue weighted by atomic mass is 35.5. The van der Waals surface area contributed by atoms with Gasteiger partial charge in [-0.15, -0.1) is 11.6 Å². The minimum atomic E-state index is 0.646. The SMILES string of the molecule is ClCCNC1CCOCC1. The standard InChI is InChI=1S/C7H14ClNO/c8-3-4-9-7-1-5-10-6-2-7/h7,9H,1-6H2. The molecule has 0 bridgehead atoms. The molecular formula is C7H14ClNO. The van der Waals surface area contributed by atoms with E-state index in [9.17, 15) is 0 Å². The lowest BCUT2D eigenvalue weighted by Crippen LogP contribution is -2.35. The lowest BCUT2D eigenvalue weighted by Gasteiger charge is -2.22. The molecule has 1 rings (SSSR count). The van der Waals surface area contributed by atoms with E-state index in [2.05, 4.69) is 5.32 Å². The third-order valence-corrected chi connectivity index (χ3v) is 1.94. The first-order valence-corrected chi connectivity index (χ1v) is 4.34. The van der Waals surface area contributed by atoms with Crippen molar-refractivity contribution in [3.63, 3.8) is 0 Å². The van der Waals surface area contributed by atoms with Gasteiger partial charge < -0.3 is 10.1 Å². The molecule has 0 spiro atoms. The molecule has 0 amide bonds. The van der Waals surface area contributed by atoms with Crippen molar-refractivity contribution in [2.75, 3.05) is 25.6 Å². The van der Waals surface area contributed by atoms with E-state index in [1.54, 1.807) is 0 Å². The summed E-state index contributed by atoms with van der Waals surface area (Å²) in [6, 6.07) is 0.646. The van der Waals surface area contributed by atoms with Crippen molar-refractivity contribution in [3.05, 3.63) is 0 Å². The van der Waals surface area contributed by atoms with E-state index in [1.807, 2.05) is 0 Å². The summed E-state index contributed by atoms with van der Waals surface area (Å²) in [5, 5.41) is 3.36. The number of nitrogens with one attached hydrogen (secondary N) is 1. The molecule has 1 N–H and O–H groups in total. The smallest absolute Gasteiger partial charge is 0.0480 e. The third kappa shape index (κ3) is 2.86. The summed E-state index contributed by atoms with van der Waals surface area (Å²) in [5.74, 6) is 0.706. The van der Waals surface area contributed by atoms with Crippen LogP contribution in [0.25, 0.3) is 0 Å². The van der Waals surface area contributed by atoms with Gasteiger partial charge in [-0.25, -0.2) is 0 Å². The highest BCUT2D eigenvalue weighted by molar-refractivity contribution is 6.18. The van der Waals surface area contributed by atoms with Gasteiger partial charge in [0.2, 0.25) is 0 Å². The van der Waals surface area contributed by atoms with Crippen LogP contribution in [-0.4, -0.2) is 31.7 Å². The monoisotopic (exact) mass is 163 g/mol. The Morgan fingerprint density at radius 2 is 2.10 bits per heavy atom. The minimum absolute atomic E-state index is 0.646. The van der Waals surface area contributed by atoms with Crippen LogP contribution in [0.4, 0.5) is 0 Å². The number of rotatable bonds is 3. The summed E-state index contributed by atoms with van der Waals surface area (Å²) >= 11 is 5.53. The number of halogens is 1. The first-order valence-electron chi connectivity index (χ1n) is 3.80.